The van der Waals surface area contributed by atoms with Gasteiger partial charge in [0.1, 0.15) is 6.04 Å². The number of rotatable bonds is 10. The molecule has 2 aromatic carbocycles. The Morgan fingerprint density at radius 2 is 1.53 bits per heavy atom. The molecule has 0 aliphatic carbocycles. The molecule has 164 valence electrons. The van der Waals surface area contributed by atoms with Gasteiger partial charge in [-0.25, -0.2) is 8.42 Å². The third-order valence-electron chi connectivity index (χ3n) is 5.28. The van der Waals surface area contributed by atoms with E-state index in [0.29, 0.717) is 18.2 Å². The molecular weight excluding hydrogens is 396 g/mol. The van der Waals surface area contributed by atoms with E-state index in [1.165, 1.54) is 15.4 Å². The molecule has 0 bridgehead atoms. The molecule has 0 fully saturated rings. The first kappa shape index (κ1) is 23.9. The summed E-state index contributed by atoms with van der Waals surface area (Å²) in [6, 6.07) is 15.0. The second-order valence-corrected chi connectivity index (χ2v) is 9.91. The fourth-order valence-electron chi connectivity index (χ4n) is 3.41. The largest absolute Gasteiger partial charge is 0.354 e. The van der Waals surface area contributed by atoms with E-state index in [4.69, 9.17) is 0 Å². The Balaban J connectivity index is 1.94. The van der Waals surface area contributed by atoms with Crippen molar-refractivity contribution < 1.29 is 13.2 Å². The molecule has 0 unspecified atom stereocenters. The summed E-state index contributed by atoms with van der Waals surface area (Å²) in [5.74, 6) is 0.214. The molecule has 6 heteroatoms. The van der Waals surface area contributed by atoms with Crippen molar-refractivity contribution in [2.45, 2.75) is 58.9 Å². The van der Waals surface area contributed by atoms with Crippen LogP contribution in [0, 0.1) is 0 Å². The molecule has 1 atom stereocenters. The second-order valence-electron chi connectivity index (χ2n) is 8.05. The zero-order valence-electron chi connectivity index (χ0n) is 18.7. The van der Waals surface area contributed by atoms with Crippen molar-refractivity contribution in [1.29, 1.82) is 0 Å². The van der Waals surface area contributed by atoms with Gasteiger partial charge >= 0.3 is 0 Å². The van der Waals surface area contributed by atoms with Gasteiger partial charge in [0, 0.05) is 6.54 Å². The molecule has 5 nitrogen and oxygen atoms in total. The van der Waals surface area contributed by atoms with E-state index in [1.807, 2.05) is 19.1 Å². The molecule has 0 saturated heterocycles. The van der Waals surface area contributed by atoms with Gasteiger partial charge < -0.3 is 5.32 Å². The highest BCUT2D eigenvalue weighted by atomic mass is 32.2. The monoisotopic (exact) mass is 430 g/mol. The quantitative estimate of drug-likeness (QED) is 0.572. The predicted octanol–water partition coefficient (Wildman–Crippen LogP) is 4.28. The van der Waals surface area contributed by atoms with Crippen molar-refractivity contribution in [3.63, 3.8) is 0 Å². The molecule has 0 saturated carbocycles. The van der Waals surface area contributed by atoms with Gasteiger partial charge in [-0.2, -0.15) is 0 Å². The first-order valence-electron chi connectivity index (χ1n) is 10.6. The lowest BCUT2D eigenvalue weighted by molar-refractivity contribution is -0.121. The molecular formula is C24H34N2O3S. The summed E-state index contributed by atoms with van der Waals surface area (Å²) in [6.07, 6.45) is 3.66. The van der Waals surface area contributed by atoms with E-state index >= 15 is 0 Å². The number of benzene rings is 2. The van der Waals surface area contributed by atoms with Crippen LogP contribution < -0.4 is 9.62 Å². The summed E-state index contributed by atoms with van der Waals surface area (Å²) in [6.45, 7) is 8.50. The highest BCUT2D eigenvalue weighted by Gasteiger charge is 2.28. The van der Waals surface area contributed by atoms with E-state index in [0.717, 1.165) is 31.1 Å². The second kappa shape index (κ2) is 10.6. The minimum Gasteiger partial charge on any atom is -0.354 e. The van der Waals surface area contributed by atoms with Gasteiger partial charge in [-0.15, -0.1) is 0 Å². The van der Waals surface area contributed by atoms with Gasteiger partial charge in [0.25, 0.3) is 0 Å². The summed E-state index contributed by atoms with van der Waals surface area (Å²) < 4.78 is 25.9. The first-order valence-corrected chi connectivity index (χ1v) is 12.4. The lowest BCUT2D eigenvalue weighted by Gasteiger charge is -2.28. The van der Waals surface area contributed by atoms with Crippen LogP contribution in [-0.2, 0) is 27.7 Å². The van der Waals surface area contributed by atoms with Gasteiger partial charge in [0.15, 0.2) is 0 Å². The SMILES string of the molecule is CCc1ccc(N([C@H](C)C(=O)NCCCc2ccc(C(C)C)cc2)S(C)(=O)=O)cc1. The van der Waals surface area contributed by atoms with Gasteiger partial charge in [-0.3, -0.25) is 9.10 Å². The summed E-state index contributed by atoms with van der Waals surface area (Å²) >= 11 is 0. The summed E-state index contributed by atoms with van der Waals surface area (Å²) in [5.41, 5.74) is 4.16. The molecule has 0 radical (unpaired) electrons. The molecule has 2 rings (SSSR count). The van der Waals surface area contributed by atoms with Gasteiger partial charge in [-0.1, -0.05) is 57.2 Å². The third-order valence-corrected chi connectivity index (χ3v) is 6.52. The predicted molar refractivity (Wildman–Crippen MR) is 124 cm³/mol. The number of nitrogens with zero attached hydrogens (tertiary/aromatic N) is 1. The number of carbonyl (C=O) groups excluding carboxylic acids is 1. The van der Waals surface area contributed by atoms with Crippen LogP contribution in [0.4, 0.5) is 5.69 Å². The van der Waals surface area contributed by atoms with Gasteiger partial charge in [0.2, 0.25) is 15.9 Å². The van der Waals surface area contributed by atoms with Crippen LogP contribution in [0.3, 0.4) is 0 Å². The maximum absolute atomic E-state index is 12.6. The maximum atomic E-state index is 12.6. The molecule has 0 heterocycles. The Bertz CT molecular complexity index is 920. The van der Waals surface area contributed by atoms with Crippen LogP contribution in [0.25, 0.3) is 0 Å². The van der Waals surface area contributed by atoms with Crippen LogP contribution >= 0.6 is 0 Å². The van der Waals surface area contributed by atoms with E-state index in [9.17, 15) is 13.2 Å². The summed E-state index contributed by atoms with van der Waals surface area (Å²) in [5, 5.41) is 2.88. The van der Waals surface area contributed by atoms with E-state index < -0.39 is 16.1 Å². The van der Waals surface area contributed by atoms with Crippen molar-refractivity contribution in [2.75, 3.05) is 17.1 Å². The Morgan fingerprint density at radius 3 is 2.03 bits per heavy atom. The lowest BCUT2D eigenvalue weighted by atomic mass is 10.0. The number of hydrogen-bond acceptors (Lipinski definition) is 3. The zero-order valence-corrected chi connectivity index (χ0v) is 19.5. The molecule has 0 aliphatic rings. The van der Waals surface area contributed by atoms with E-state index in [-0.39, 0.29) is 5.91 Å². The average Bonchev–Trinajstić information content (AvgIpc) is 2.71. The van der Waals surface area contributed by atoms with Crippen LogP contribution in [0.1, 0.15) is 56.7 Å². The summed E-state index contributed by atoms with van der Waals surface area (Å²) in [7, 11) is -3.59. The maximum Gasteiger partial charge on any atom is 0.243 e. The minimum atomic E-state index is -3.59. The molecule has 0 aromatic heterocycles. The minimum absolute atomic E-state index is 0.296. The van der Waals surface area contributed by atoms with Crippen LogP contribution in [0.15, 0.2) is 48.5 Å². The van der Waals surface area contributed by atoms with Crippen molar-refractivity contribution >= 4 is 21.6 Å². The normalized spacial score (nSPS) is 12.6. The Labute approximate surface area is 181 Å². The fraction of sp³-hybridized carbons (Fsp3) is 0.458. The average molecular weight is 431 g/mol. The molecule has 1 amide bonds. The molecule has 1 N–H and O–H groups in total. The number of carbonyl (C=O) groups is 1. The van der Waals surface area contributed by atoms with Gasteiger partial charge in [-0.05, 0) is 60.9 Å². The standard InChI is InChI=1S/C24H34N2O3S/c1-6-20-11-15-23(16-12-20)26(30(5,28)29)19(4)24(27)25-17-7-8-21-9-13-22(14-10-21)18(2)3/h9-16,18-19H,6-8,17H2,1-5H3,(H,25,27)/t19-/m1/s1. The number of nitrogens with one attached hydrogen (secondary N) is 1. The number of hydrogen-bond donors (Lipinski definition) is 1. The van der Waals surface area contributed by atoms with E-state index in [2.05, 4.69) is 43.4 Å². The molecule has 0 spiro atoms. The summed E-state index contributed by atoms with van der Waals surface area (Å²) in [4.78, 5) is 12.6. The van der Waals surface area contributed by atoms with Crippen molar-refractivity contribution in [3.05, 3.63) is 65.2 Å². The van der Waals surface area contributed by atoms with Crippen molar-refractivity contribution in [3.8, 4) is 0 Å². The molecule has 30 heavy (non-hydrogen) atoms. The van der Waals surface area contributed by atoms with Gasteiger partial charge in [0.05, 0.1) is 11.9 Å². The fourth-order valence-corrected chi connectivity index (χ4v) is 4.58. The number of anilines is 1. The van der Waals surface area contributed by atoms with Crippen molar-refractivity contribution in [1.82, 2.24) is 5.32 Å². The zero-order chi connectivity index (χ0) is 22.3. The number of amides is 1. The molecule has 0 aliphatic heterocycles. The van der Waals surface area contributed by atoms with Crippen molar-refractivity contribution in [2.24, 2.45) is 0 Å². The van der Waals surface area contributed by atoms with Crippen LogP contribution in [-0.4, -0.2) is 33.2 Å². The smallest absolute Gasteiger partial charge is 0.243 e. The highest BCUT2D eigenvalue weighted by Crippen LogP contribution is 2.22. The topological polar surface area (TPSA) is 66.5 Å². The van der Waals surface area contributed by atoms with Crippen LogP contribution in [0.5, 0.6) is 0 Å². The lowest BCUT2D eigenvalue weighted by Crippen LogP contribution is -2.48. The van der Waals surface area contributed by atoms with Crippen LogP contribution in [0.2, 0.25) is 0 Å². The Hall–Kier alpha value is -2.34. The van der Waals surface area contributed by atoms with E-state index in [1.54, 1.807) is 19.1 Å². The molecule has 2 aromatic rings. The number of sulfonamides is 1. The number of aryl methyl sites for hydroxylation is 2. The Kier molecular flexibility index (Phi) is 8.47. The Morgan fingerprint density at radius 1 is 0.967 bits per heavy atom. The first-order chi connectivity index (χ1) is 14.1. The highest BCUT2D eigenvalue weighted by molar-refractivity contribution is 7.92. The third kappa shape index (κ3) is 6.59.